The molecule has 0 bridgehead atoms. The predicted octanol–water partition coefficient (Wildman–Crippen LogP) is 5.02. The number of benzene rings is 2. The summed E-state index contributed by atoms with van der Waals surface area (Å²) in [5, 5.41) is 20.6. The van der Waals surface area contributed by atoms with Crippen molar-refractivity contribution < 1.29 is 14.6 Å². The standard InChI is InChI=1S/C27H30ClN7O3/c1-6-25(37)31-20-12-21(24(38-5)13-19(20)29-14-16(2)34(3)4)32-27-30-15-18(28)26(33-27)35-11-10-17-22(35)8-7-9-23(17)36/h6-13,15-16,29,36H,1,14H2,2-5H3,(H,31,37)(H,30,32,33). The van der Waals surface area contributed by atoms with E-state index in [1.165, 1.54) is 12.3 Å². The first-order valence-electron chi connectivity index (χ1n) is 11.9. The molecule has 4 N–H and O–H groups in total. The predicted molar refractivity (Wildman–Crippen MR) is 152 cm³/mol. The highest BCUT2D eigenvalue weighted by Crippen LogP contribution is 2.37. The van der Waals surface area contributed by atoms with Gasteiger partial charge >= 0.3 is 0 Å². The van der Waals surface area contributed by atoms with Gasteiger partial charge in [-0.05, 0) is 51.4 Å². The van der Waals surface area contributed by atoms with Crippen LogP contribution in [-0.2, 0) is 4.79 Å². The highest BCUT2D eigenvalue weighted by molar-refractivity contribution is 6.32. The van der Waals surface area contributed by atoms with Crippen molar-refractivity contribution in [2.24, 2.45) is 0 Å². The van der Waals surface area contributed by atoms with Gasteiger partial charge in [0, 0.05) is 30.2 Å². The van der Waals surface area contributed by atoms with Crippen LogP contribution in [0.5, 0.6) is 11.5 Å². The van der Waals surface area contributed by atoms with Gasteiger partial charge in [0.05, 0.1) is 35.9 Å². The number of ether oxygens (including phenoxy) is 1. The number of methoxy groups -OCH3 is 1. The van der Waals surface area contributed by atoms with Crippen LogP contribution in [0.2, 0.25) is 5.02 Å². The van der Waals surface area contributed by atoms with Gasteiger partial charge in [-0.3, -0.25) is 9.36 Å². The van der Waals surface area contributed by atoms with E-state index in [9.17, 15) is 9.90 Å². The number of fused-ring (bicyclic) bond motifs is 1. The first-order valence-corrected chi connectivity index (χ1v) is 12.2. The maximum absolute atomic E-state index is 12.2. The fourth-order valence-corrected chi connectivity index (χ4v) is 3.95. The molecule has 10 nitrogen and oxygen atoms in total. The van der Waals surface area contributed by atoms with Crippen molar-refractivity contribution in [1.29, 1.82) is 0 Å². The highest BCUT2D eigenvalue weighted by atomic mass is 35.5. The number of rotatable bonds is 10. The lowest BCUT2D eigenvalue weighted by Gasteiger charge is -2.23. The first-order chi connectivity index (χ1) is 18.2. The van der Waals surface area contributed by atoms with E-state index < -0.39 is 0 Å². The molecule has 1 unspecified atom stereocenters. The number of amides is 1. The Bertz CT molecular complexity index is 1490. The van der Waals surface area contributed by atoms with Crippen molar-refractivity contribution in [3.05, 3.63) is 66.5 Å². The minimum atomic E-state index is -0.349. The lowest BCUT2D eigenvalue weighted by molar-refractivity contribution is -0.111. The third-order valence-corrected chi connectivity index (χ3v) is 6.43. The van der Waals surface area contributed by atoms with E-state index in [1.807, 2.05) is 20.2 Å². The average molecular weight is 536 g/mol. The molecular weight excluding hydrogens is 506 g/mol. The fraction of sp³-hybridized carbons (Fsp3) is 0.222. The minimum Gasteiger partial charge on any atom is -0.507 e. The summed E-state index contributed by atoms with van der Waals surface area (Å²) < 4.78 is 7.41. The van der Waals surface area contributed by atoms with Crippen molar-refractivity contribution in [2.75, 3.05) is 43.7 Å². The molecule has 38 heavy (non-hydrogen) atoms. The molecule has 4 rings (SSSR count). The molecule has 1 amide bonds. The van der Waals surface area contributed by atoms with Crippen LogP contribution in [0.25, 0.3) is 16.7 Å². The largest absolute Gasteiger partial charge is 0.507 e. The second-order valence-electron chi connectivity index (χ2n) is 8.87. The maximum Gasteiger partial charge on any atom is 0.247 e. The van der Waals surface area contributed by atoms with Crippen molar-refractivity contribution in [2.45, 2.75) is 13.0 Å². The Hall–Kier alpha value is -4.28. The molecule has 1 atom stereocenters. The van der Waals surface area contributed by atoms with Gasteiger partial charge in [0.25, 0.3) is 0 Å². The molecule has 0 aliphatic carbocycles. The van der Waals surface area contributed by atoms with Gasteiger partial charge < -0.3 is 30.7 Å². The first kappa shape index (κ1) is 26.8. The Kier molecular flexibility index (Phi) is 8.04. The number of hydrogen-bond donors (Lipinski definition) is 4. The Balaban J connectivity index is 1.71. The Morgan fingerprint density at radius 1 is 1.26 bits per heavy atom. The highest BCUT2D eigenvalue weighted by Gasteiger charge is 2.17. The number of hydrogen-bond acceptors (Lipinski definition) is 8. The van der Waals surface area contributed by atoms with Crippen LogP contribution in [0.3, 0.4) is 0 Å². The van der Waals surface area contributed by atoms with Crippen LogP contribution in [0.15, 0.2) is 61.4 Å². The number of likely N-dealkylation sites (N-methyl/N-ethyl adjacent to an activating group) is 1. The number of nitrogens with one attached hydrogen (secondary N) is 3. The Morgan fingerprint density at radius 3 is 2.76 bits per heavy atom. The van der Waals surface area contributed by atoms with Crippen molar-refractivity contribution >= 4 is 51.4 Å². The number of phenolic OH excluding ortho intramolecular Hbond substituents is 1. The van der Waals surface area contributed by atoms with Crippen molar-refractivity contribution in [1.82, 2.24) is 19.4 Å². The van der Waals surface area contributed by atoms with Gasteiger partial charge in [0.1, 0.15) is 16.5 Å². The van der Waals surface area contributed by atoms with E-state index in [2.05, 4.69) is 44.3 Å². The molecule has 0 aliphatic rings. The number of halogens is 1. The monoisotopic (exact) mass is 535 g/mol. The van der Waals surface area contributed by atoms with Gasteiger partial charge in [-0.25, -0.2) is 4.98 Å². The summed E-state index contributed by atoms with van der Waals surface area (Å²) in [5.74, 6) is 1.01. The molecule has 0 spiro atoms. The normalized spacial score (nSPS) is 11.8. The number of carbonyl (C=O) groups excluding carboxylic acids is 1. The number of nitrogens with zero attached hydrogens (tertiary/aromatic N) is 4. The summed E-state index contributed by atoms with van der Waals surface area (Å²) >= 11 is 6.46. The molecule has 0 aliphatic heterocycles. The summed E-state index contributed by atoms with van der Waals surface area (Å²) in [6.45, 7) is 6.28. The van der Waals surface area contributed by atoms with E-state index in [1.54, 1.807) is 48.2 Å². The quantitative estimate of drug-likeness (QED) is 0.209. The molecule has 2 heterocycles. The summed E-state index contributed by atoms with van der Waals surface area (Å²) in [7, 11) is 5.56. The van der Waals surface area contributed by atoms with Crippen LogP contribution in [-0.4, -0.2) is 64.2 Å². The molecule has 2 aromatic carbocycles. The number of aromatic hydroxyl groups is 1. The molecule has 4 aromatic rings. The summed E-state index contributed by atoms with van der Waals surface area (Å²) in [5.41, 5.74) is 2.49. The van der Waals surface area contributed by atoms with E-state index in [4.69, 9.17) is 16.3 Å². The fourth-order valence-electron chi connectivity index (χ4n) is 3.76. The van der Waals surface area contributed by atoms with E-state index in [0.717, 1.165) is 5.52 Å². The van der Waals surface area contributed by atoms with Crippen molar-refractivity contribution in [3.8, 4) is 17.3 Å². The number of anilines is 4. The van der Waals surface area contributed by atoms with Gasteiger partial charge in [-0.2, -0.15) is 4.98 Å². The van der Waals surface area contributed by atoms with E-state index in [-0.39, 0.29) is 23.6 Å². The second-order valence-corrected chi connectivity index (χ2v) is 9.28. The zero-order chi connectivity index (χ0) is 27.4. The molecule has 0 saturated carbocycles. The molecule has 0 fully saturated rings. The van der Waals surface area contributed by atoms with Gasteiger partial charge in [0.15, 0.2) is 5.82 Å². The molecule has 0 radical (unpaired) electrons. The van der Waals surface area contributed by atoms with Gasteiger partial charge in [0.2, 0.25) is 11.9 Å². The minimum absolute atomic E-state index is 0.164. The van der Waals surface area contributed by atoms with Crippen LogP contribution in [0.4, 0.5) is 23.0 Å². The average Bonchev–Trinajstić information content (AvgIpc) is 3.34. The Labute approximate surface area is 225 Å². The zero-order valence-electron chi connectivity index (χ0n) is 21.6. The molecule has 2 aromatic heterocycles. The molecule has 198 valence electrons. The maximum atomic E-state index is 12.2. The van der Waals surface area contributed by atoms with Crippen LogP contribution >= 0.6 is 11.6 Å². The topological polar surface area (TPSA) is 117 Å². The summed E-state index contributed by atoms with van der Waals surface area (Å²) in [6, 6.07) is 10.8. The summed E-state index contributed by atoms with van der Waals surface area (Å²) in [4.78, 5) is 23.2. The smallest absolute Gasteiger partial charge is 0.247 e. The lowest BCUT2D eigenvalue weighted by Crippen LogP contribution is -2.31. The van der Waals surface area contributed by atoms with Crippen LogP contribution < -0.4 is 20.7 Å². The third-order valence-electron chi connectivity index (χ3n) is 6.16. The second kappa shape index (κ2) is 11.4. The van der Waals surface area contributed by atoms with Gasteiger partial charge in [-0.15, -0.1) is 0 Å². The van der Waals surface area contributed by atoms with E-state index in [0.29, 0.717) is 45.6 Å². The molecule has 0 saturated heterocycles. The lowest BCUT2D eigenvalue weighted by atomic mass is 10.2. The Morgan fingerprint density at radius 2 is 2.05 bits per heavy atom. The zero-order valence-corrected chi connectivity index (χ0v) is 22.4. The van der Waals surface area contributed by atoms with Gasteiger partial charge in [-0.1, -0.05) is 24.2 Å². The number of aromatic nitrogens is 3. The molecular formula is C27H30ClN7O3. The van der Waals surface area contributed by atoms with Crippen LogP contribution in [0.1, 0.15) is 6.92 Å². The molecule has 11 heteroatoms. The number of carbonyl (C=O) groups is 1. The third kappa shape index (κ3) is 5.66. The van der Waals surface area contributed by atoms with Crippen molar-refractivity contribution in [3.63, 3.8) is 0 Å². The number of phenols is 1. The van der Waals surface area contributed by atoms with E-state index >= 15 is 0 Å². The summed E-state index contributed by atoms with van der Waals surface area (Å²) in [6.07, 6.45) is 4.48. The SMILES string of the molecule is C=CC(=O)Nc1cc(Nc2ncc(Cl)c(-n3ccc4c(O)cccc43)n2)c(OC)cc1NCC(C)N(C)C. The van der Waals surface area contributed by atoms with Crippen LogP contribution in [0, 0.1) is 0 Å².